The van der Waals surface area contributed by atoms with Crippen molar-refractivity contribution in [3.8, 4) is 11.5 Å². The molecule has 0 aliphatic rings. The van der Waals surface area contributed by atoms with Crippen molar-refractivity contribution in [1.82, 2.24) is 9.78 Å². The molecule has 29 heavy (non-hydrogen) atoms. The van der Waals surface area contributed by atoms with Gasteiger partial charge in [-0.25, -0.2) is 0 Å². The normalized spacial score (nSPS) is 11.7. The fourth-order valence-corrected chi connectivity index (χ4v) is 2.77. The van der Waals surface area contributed by atoms with Crippen LogP contribution in [0.25, 0.3) is 0 Å². The lowest BCUT2D eigenvalue weighted by Gasteiger charge is -2.14. The molecule has 1 aromatic heterocycles. The second kappa shape index (κ2) is 8.32. The predicted octanol–water partition coefficient (Wildman–Crippen LogP) is 5.05. The molecule has 150 valence electrons. The van der Waals surface area contributed by atoms with E-state index in [0.717, 1.165) is 11.1 Å². The molecule has 0 spiro atoms. The van der Waals surface area contributed by atoms with E-state index < -0.39 is 11.0 Å². The lowest BCUT2D eigenvalue weighted by molar-refractivity contribution is -0.384. The van der Waals surface area contributed by atoms with E-state index in [0.29, 0.717) is 10.8 Å². The summed E-state index contributed by atoms with van der Waals surface area (Å²) in [6.07, 6.45) is 3.40. The van der Waals surface area contributed by atoms with Crippen LogP contribution in [0.3, 0.4) is 0 Å². The maximum absolute atomic E-state index is 12.6. The first-order chi connectivity index (χ1) is 13.7. The standard InChI is InChI=1S/C20H19ClN4O4/c1-12-10-22-24(11-12)14(3)20(26)23-15-7-16(25(27)28)9-18(8-15)29-17-4-5-19(21)13(2)6-17/h4-11,14H,1-3H3,(H,23,26). The maximum Gasteiger partial charge on any atom is 0.275 e. The van der Waals surface area contributed by atoms with Gasteiger partial charge >= 0.3 is 0 Å². The van der Waals surface area contributed by atoms with Gasteiger partial charge in [0.2, 0.25) is 5.91 Å². The number of hydrogen-bond donors (Lipinski definition) is 1. The molecule has 0 radical (unpaired) electrons. The number of hydrogen-bond acceptors (Lipinski definition) is 5. The Kier molecular flexibility index (Phi) is 5.84. The van der Waals surface area contributed by atoms with Crippen molar-refractivity contribution >= 4 is 28.9 Å². The smallest absolute Gasteiger partial charge is 0.275 e. The van der Waals surface area contributed by atoms with E-state index in [1.54, 1.807) is 37.5 Å². The van der Waals surface area contributed by atoms with Crippen LogP contribution < -0.4 is 10.1 Å². The number of nitro groups is 1. The molecule has 0 aliphatic heterocycles. The Morgan fingerprint density at radius 1 is 1.24 bits per heavy atom. The van der Waals surface area contributed by atoms with E-state index in [1.807, 2.05) is 13.8 Å². The average molecular weight is 415 g/mol. The largest absolute Gasteiger partial charge is 0.457 e. The van der Waals surface area contributed by atoms with Crippen LogP contribution in [0.1, 0.15) is 24.1 Å². The lowest BCUT2D eigenvalue weighted by Crippen LogP contribution is -2.24. The number of anilines is 1. The number of aromatic nitrogens is 2. The molecule has 0 saturated carbocycles. The number of amides is 1. The first kappa shape index (κ1) is 20.3. The number of benzene rings is 2. The van der Waals surface area contributed by atoms with Crippen LogP contribution in [0.15, 0.2) is 48.8 Å². The summed E-state index contributed by atoms with van der Waals surface area (Å²) in [7, 11) is 0. The Labute approximate surface area is 172 Å². The highest BCUT2D eigenvalue weighted by atomic mass is 35.5. The molecular weight excluding hydrogens is 396 g/mol. The monoisotopic (exact) mass is 414 g/mol. The number of rotatable bonds is 6. The third kappa shape index (κ3) is 4.91. The number of nitro benzene ring substituents is 1. The van der Waals surface area contributed by atoms with E-state index in [-0.39, 0.29) is 23.0 Å². The number of halogens is 1. The molecule has 0 saturated heterocycles. The molecule has 2 aromatic carbocycles. The quantitative estimate of drug-likeness (QED) is 0.449. The predicted molar refractivity (Wildman–Crippen MR) is 110 cm³/mol. The van der Waals surface area contributed by atoms with E-state index in [1.165, 1.54) is 22.9 Å². The molecule has 8 nitrogen and oxygen atoms in total. The molecule has 1 unspecified atom stereocenters. The Bertz CT molecular complexity index is 1080. The van der Waals surface area contributed by atoms with E-state index in [2.05, 4.69) is 10.4 Å². The first-order valence-electron chi connectivity index (χ1n) is 8.78. The van der Waals surface area contributed by atoms with Gasteiger partial charge in [-0.2, -0.15) is 5.10 Å². The summed E-state index contributed by atoms with van der Waals surface area (Å²) in [5.41, 5.74) is 1.78. The third-order valence-corrected chi connectivity index (χ3v) is 4.67. The van der Waals surface area contributed by atoms with Crippen molar-refractivity contribution < 1.29 is 14.5 Å². The summed E-state index contributed by atoms with van der Waals surface area (Å²) in [6.45, 7) is 5.39. The molecule has 0 bridgehead atoms. The first-order valence-corrected chi connectivity index (χ1v) is 9.16. The molecular formula is C20H19ClN4O4. The van der Waals surface area contributed by atoms with Crippen LogP contribution in [-0.2, 0) is 4.79 Å². The van der Waals surface area contributed by atoms with Crippen molar-refractivity contribution in [1.29, 1.82) is 0 Å². The highest BCUT2D eigenvalue weighted by molar-refractivity contribution is 6.31. The Morgan fingerprint density at radius 3 is 2.62 bits per heavy atom. The van der Waals surface area contributed by atoms with Crippen molar-refractivity contribution in [2.75, 3.05) is 5.32 Å². The van der Waals surface area contributed by atoms with E-state index >= 15 is 0 Å². The van der Waals surface area contributed by atoms with Gasteiger partial charge in [0.25, 0.3) is 5.69 Å². The number of carbonyl (C=O) groups is 1. The minimum Gasteiger partial charge on any atom is -0.457 e. The molecule has 0 fully saturated rings. The minimum absolute atomic E-state index is 0.203. The maximum atomic E-state index is 12.6. The van der Waals surface area contributed by atoms with Gasteiger partial charge in [-0.1, -0.05) is 11.6 Å². The van der Waals surface area contributed by atoms with Gasteiger partial charge in [0.1, 0.15) is 17.5 Å². The average Bonchev–Trinajstić information content (AvgIpc) is 3.10. The Morgan fingerprint density at radius 2 is 2.00 bits per heavy atom. The van der Waals surface area contributed by atoms with Gasteiger partial charge in [0.15, 0.2) is 0 Å². The van der Waals surface area contributed by atoms with Crippen molar-refractivity contribution in [3.63, 3.8) is 0 Å². The van der Waals surface area contributed by atoms with Crippen molar-refractivity contribution in [2.24, 2.45) is 0 Å². The number of aryl methyl sites for hydroxylation is 2. The second-order valence-electron chi connectivity index (χ2n) is 6.65. The molecule has 1 amide bonds. The summed E-state index contributed by atoms with van der Waals surface area (Å²) < 4.78 is 7.27. The highest BCUT2D eigenvalue weighted by Gasteiger charge is 2.18. The van der Waals surface area contributed by atoms with Gasteiger partial charge in [0, 0.05) is 23.4 Å². The molecule has 0 aliphatic carbocycles. The highest BCUT2D eigenvalue weighted by Crippen LogP contribution is 2.31. The number of nitrogens with one attached hydrogen (secondary N) is 1. The minimum atomic E-state index is -0.591. The number of non-ortho nitro benzene ring substituents is 1. The van der Waals surface area contributed by atoms with Crippen LogP contribution in [-0.4, -0.2) is 20.6 Å². The van der Waals surface area contributed by atoms with E-state index in [9.17, 15) is 14.9 Å². The van der Waals surface area contributed by atoms with Crippen molar-refractivity contribution in [3.05, 3.63) is 75.1 Å². The zero-order valence-corrected chi connectivity index (χ0v) is 16.8. The molecule has 9 heteroatoms. The van der Waals surface area contributed by atoms with Crippen LogP contribution in [0.2, 0.25) is 5.02 Å². The van der Waals surface area contributed by atoms with Crippen LogP contribution in [0, 0.1) is 24.0 Å². The van der Waals surface area contributed by atoms with Crippen LogP contribution in [0.5, 0.6) is 11.5 Å². The fourth-order valence-electron chi connectivity index (χ4n) is 2.65. The molecule has 1 atom stereocenters. The van der Waals surface area contributed by atoms with Gasteiger partial charge < -0.3 is 10.1 Å². The van der Waals surface area contributed by atoms with Gasteiger partial charge in [-0.15, -0.1) is 0 Å². The number of carbonyl (C=O) groups excluding carboxylic acids is 1. The molecule has 3 aromatic rings. The second-order valence-corrected chi connectivity index (χ2v) is 7.06. The summed E-state index contributed by atoms with van der Waals surface area (Å²) in [5.74, 6) is 0.339. The summed E-state index contributed by atoms with van der Waals surface area (Å²) in [6, 6.07) is 8.57. The third-order valence-electron chi connectivity index (χ3n) is 4.24. The van der Waals surface area contributed by atoms with Crippen molar-refractivity contribution in [2.45, 2.75) is 26.8 Å². The molecule has 1 N–H and O–H groups in total. The Hall–Kier alpha value is -3.39. The molecule has 1 heterocycles. The van der Waals surface area contributed by atoms with Gasteiger partial charge in [-0.3, -0.25) is 19.6 Å². The SMILES string of the molecule is Cc1cnn(C(C)C(=O)Nc2cc(Oc3ccc(Cl)c(C)c3)cc([N+](=O)[O-])c2)c1. The Balaban J connectivity index is 1.85. The van der Waals surface area contributed by atoms with Crippen LogP contribution >= 0.6 is 11.6 Å². The zero-order valence-electron chi connectivity index (χ0n) is 16.0. The number of ether oxygens (including phenoxy) is 1. The summed E-state index contributed by atoms with van der Waals surface area (Å²) in [4.78, 5) is 23.3. The van der Waals surface area contributed by atoms with Gasteiger partial charge in [0.05, 0.1) is 22.9 Å². The topological polar surface area (TPSA) is 99.3 Å². The lowest BCUT2D eigenvalue weighted by atomic mass is 10.2. The summed E-state index contributed by atoms with van der Waals surface area (Å²) in [5, 5.41) is 18.7. The summed E-state index contributed by atoms with van der Waals surface area (Å²) >= 11 is 6.02. The van der Waals surface area contributed by atoms with Crippen LogP contribution in [0.4, 0.5) is 11.4 Å². The van der Waals surface area contributed by atoms with Gasteiger partial charge in [-0.05, 0) is 50.1 Å². The number of nitrogens with zero attached hydrogens (tertiary/aromatic N) is 3. The molecule has 3 rings (SSSR count). The zero-order chi connectivity index (χ0) is 21.1. The fraction of sp³-hybridized carbons (Fsp3) is 0.200. The van der Waals surface area contributed by atoms with E-state index in [4.69, 9.17) is 16.3 Å².